The normalized spacial score (nSPS) is 12.0. The van der Waals surface area contributed by atoms with Gasteiger partial charge in [0.2, 0.25) is 5.88 Å². The van der Waals surface area contributed by atoms with E-state index in [4.69, 9.17) is 9.47 Å². The fraction of sp³-hybridized carbons (Fsp3) is 0.471. The zero-order valence-corrected chi connectivity index (χ0v) is 14.8. The highest BCUT2D eigenvalue weighted by Crippen LogP contribution is 2.22. The predicted molar refractivity (Wildman–Crippen MR) is 90.2 cm³/mol. The van der Waals surface area contributed by atoms with Crippen LogP contribution in [0.4, 0.5) is 0 Å². The molecule has 7 nitrogen and oxygen atoms in total. The first kappa shape index (κ1) is 17.9. The second-order valence-electron chi connectivity index (χ2n) is 5.60. The zero-order chi connectivity index (χ0) is 17.7. The molecule has 2 aromatic heterocycles. The van der Waals surface area contributed by atoms with Gasteiger partial charge < -0.3 is 14.8 Å². The molecule has 0 spiro atoms. The van der Waals surface area contributed by atoms with Crippen LogP contribution in [-0.4, -0.2) is 41.0 Å². The molecule has 0 fully saturated rings. The van der Waals surface area contributed by atoms with Crippen LogP contribution in [0, 0.1) is 13.8 Å². The number of methoxy groups -OCH3 is 1. The van der Waals surface area contributed by atoms with Crippen LogP contribution >= 0.6 is 0 Å². The lowest BCUT2D eigenvalue weighted by molar-refractivity contribution is 0.0930. The Labute approximate surface area is 142 Å². The number of hydrogen-bond donors (Lipinski definition) is 1. The summed E-state index contributed by atoms with van der Waals surface area (Å²) in [6.07, 6.45) is 1.59. The fourth-order valence-corrected chi connectivity index (χ4v) is 2.66. The Hall–Kier alpha value is -2.41. The summed E-state index contributed by atoms with van der Waals surface area (Å²) in [5.41, 5.74) is 3.37. The highest BCUT2D eigenvalue weighted by Gasteiger charge is 2.21. The molecule has 1 amide bonds. The number of pyridine rings is 1. The average Bonchev–Trinajstić information content (AvgIpc) is 2.80. The van der Waals surface area contributed by atoms with E-state index in [9.17, 15) is 4.79 Å². The van der Waals surface area contributed by atoms with E-state index >= 15 is 0 Å². The summed E-state index contributed by atoms with van der Waals surface area (Å²) in [6.45, 7) is 6.64. The monoisotopic (exact) mass is 332 g/mol. The van der Waals surface area contributed by atoms with Crippen LogP contribution in [-0.2, 0) is 11.8 Å². The van der Waals surface area contributed by atoms with Crippen molar-refractivity contribution in [2.45, 2.75) is 26.8 Å². The third kappa shape index (κ3) is 3.91. The van der Waals surface area contributed by atoms with Crippen molar-refractivity contribution in [1.82, 2.24) is 20.1 Å². The Morgan fingerprint density at radius 3 is 2.75 bits per heavy atom. The van der Waals surface area contributed by atoms with Crippen LogP contribution in [0.25, 0.3) is 0 Å². The summed E-state index contributed by atoms with van der Waals surface area (Å²) >= 11 is 0. The maximum Gasteiger partial charge on any atom is 0.257 e. The van der Waals surface area contributed by atoms with E-state index in [1.54, 1.807) is 25.4 Å². The van der Waals surface area contributed by atoms with Gasteiger partial charge in [0.1, 0.15) is 12.2 Å². The van der Waals surface area contributed by atoms with Gasteiger partial charge >= 0.3 is 0 Å². The van der Waals surface area contributed by atoms with Gasteiger partial charge in [0.05, 0.1) is 18.3 Å². The molecule has 0 saturated heterocycles. The Morgan fingerprint density at radius 1 is 1.38 bits per heavy atom. The van der Waals surface area contributed by atoms with E-state index in [1.165, 1.54) is 0 Å². The Kier molecular flexibility index (Phi) is 5.92. The molecule has 0 saturated carbocycles. The fourth-order valence-electron chi connectivity index (χ4n) is 2.66. The van der Waals surface area contributed by atoms with Crippen molar-refractivity contribution in [2.24, 2.45) is 7.05 Å². The van der Waals surface area contributed by atoms with Gasteiger partial charge in [-0.15, -0.1) is 0 Å². The van der Waals surface area contributed by atoms with Gasteiger partial charge in [-0.1, -0.05) is 0 Å². The van der Waals surface area contributed by atoms with Gasteiger partial charge in [0, 0.05) is 31.6 Å². The Bertz CT molecular complexity index is 712. The van der Waals surface area contributed by atoms with Gasteiger partial charge in [-0.05, 0) is 32.9 Å². The molecule has 0 bridgehead atoms. The molecule has 0 aromatic carbocycles. The minimum atomic E-state index is -0.231. The predicted octanol–water partition coefficient (Wildman–Crippen LogP) is 1.95. The lowest BCUT2D eigenvalue weighted by Gasteiger charge is -2.16. The summed E-state index contributed by atoms with van der Waals surface area (Å²) in [5.74, 6) is 0.0737. The second kappa shape index (κ2) is 7.92. The highest BCUT2D eigenvalue weighted by molar-refractivity contribution is 5.96. The molecule has 0 radical (unpaired) electrons. The molecule has 0 unspecified atom stereocenters. The van der Waals surface area contributed by atoms with Crippen molar-refractivity contribution in [2.75, 3.05) is 20.3 Å². The van der Waals surface area contributed by atoms with Crippen LogP contribution < -0.4 is 10.1 Å². The first-order chi connectivity index (χ1) is 11.5. The van der Waals surface area contributed by atoms with Gasteiger partial charge in [0.15, 0.2) is 0 Å². The molecule has 0 aliphatic carbocycles. The Balaban J connectivity index is 2.15. The zero-order valence-electron chi connectivity index (χ0n) is 14.8. The average molecular weight is 332 g/mol. The number of aromatic nitrogens is 3. The van der Waals surface area contributed by atoms with Crippen LogP contribution in [0.15, 0.2) is 18.3 Å². The minimum absolute atomic E-state index is 0.168. The molecular formula is C17H24N4O3. The maximum atomic E-state index is 12.6. The third-order valence-electron chi connectivity index (χ3n) is 3.89. The molecule has 24 heavy (non-hydrogen) atoms. The largest absolute Gasteiger partial charge is 0.475 e. The first-order valence-electron chi connectivity index (χ1n) is 7.83. The second-order valence-corrected chi connectivity index (χ2v) is 5.60. The van der Waals surface area contributed by atoms with E-state index in [0.29, 0.717) is 24.7 Å². The third-order valence-corrected chi connectivity index (χ3v) is 3.89. The summed E-state index contributed by atoms with van der Waals surface area (Å²) in [5, 5.41) is 7.39. The van der Waals surface area contributed by atoms with Gasteiger partial charge in [-0.25, -0.2) is 4.98 Å². The van der Waals surface area contributed by atoms with E-state index in [0.717, 1.165) is 17.0 Å². The van der Waals surface area contributed by atoms with Crippen molar-refractivity contribution in [1.29, 1.82) is 0 Å². The first-order valence-corrected chi connectivity index (χ1v) is 7.83. The Morgan fingerprint density at radius 2 is 2.12 bits per heavy atom. The molecule has 2 rings (SSSR count). The van der Waals surface area contributed by atoms with Crippen LogP contribution in [0.2, 0.25) is 0 Å². The lowest BCUT2D eigenvalue weighted by Crippen LogP contribution is -2.28. The lowest BCUT2D eigenvalue weighted by atomic mass is 10.1. The summed E-state index contributed by atoms with van der Waals surface area (Å²) in [7, 11) is 3.49. The van der Waals surface area contributed by atoms with E-state index < -0.39 is 0 Å². The smallest absolute Gasteiger partial charge is 0.257 e. The van der Waals surface area contributed by atoms with Gasteiger partial charge in [0.25, 0.3) is 5.91 Å². The number of hydrogen-bond acceptors (Lipinski definition) is 5. The molecular weight excluding hydrogens is 308 g/mol. The standard InChI is InChI=1S/C17H24N4O3/c1-11(15-12(2)20-21(4)13(15)3)19-16(22)14-7-6-8-18-17(14)24-10-9-23-5/h6-8,11H,9-10H2,1-5H3,(H,19,22)/t11-/m1/s1. The number of ether oxygens (including phenoxy) is 2. The van der Waals surface area contributed by atoms with Crippen molar-refractivity contribution in [3.8, 4) is 5.88 Å². The number of rotatable bonds is 7. The molecule has 7 heteroatoms. The van der Waals surface area contributed by atoms with Gasteiger partial charge in [-0.3, -0.25) is 9.48 Å². The minimum Gasteiger partial charge on any atom is -0.475 e. The van der Waals surface area contributed by atoms with E-state index in [-0.39, 0.29) is 11.9 Å². The maximum absolute atomic E-state index is 12.6. The van der Waals surface area contributed by atoms with Crippen LogP contribution in [0.1, 0.15) is 40.3 Å². The highest BCUT2D eigenvalue weighted by atomic mass is 16.5. The van der Waals surface area contributed by atoms with Crippen molar-refractivity contribution >= 4 is 5.91 Å². The van der Waals surface area contributed by atoms with Crippen molar-refractivity contribution < 1.29 is 14.3 Å². The molecule has 130 valence electrons. The number of amides is 1. The summed E-state index contributed by atoms with van der Waals surface area (Å²) in [4.78, 5) is 16.8. The molecule has 0 aliphatic heterocycles. The number of aryl methyl sites for hydroxylation is 2. The topological polar surface area (TPSA) is 78.3 Å². The quantitative estimate of drug-likeness (QED) is 0.784. The molecule has 1 N–H and O–H groups in total. The molecule has 1 atom stereocenters. The van der Waals surface area contributed by atoms with E-state index in [2.05, 4.69) is 15.4 Å². The number of nitrogens with one attached hydrogen (secondary N) is 1. The molecule has 2 aromatic rings. The number of carbonyl (C=O) groups is 1. The van der Waals surface area contributed by atoms with Crippen LogP contribution in [0.5, 0.6) is 5.88 Å². The van der Waals surface area contributed by atoms with E-state index in [1.807, 2.05) is 32.5 Å². The molecule has 0 aliphatic rings. The summed E-state index contributed by atoms with van der Waals surface area (Å²) < 4.78 is 12.3. The van der Waals surface area contributed by atoms with Crippen LogP contribution in [0.3, 0.4) is 0 Å². The molecule has 2 heterocycles. The SMILES string of the molecule is COCCOc1ncccc1C(=O)N[C@H](C)c1c(C)nn(C)c1C. The van der Waals surface area contributed by atoms with Gasteiger partial charge in [-0.2, -0.15) is 5.10 Å². The summed E-state index contributed by atoms with van der Waals surface area (Å²) in [6, 6.07) is 3.24. The van der Waals surface area contributed by atoms with Crippen molar-refractivity contribution in [3.05, 3.63) is 40.8 Å². The van der Waals surface area contributed by atoms with Crippen molar-refractivity contribution in [3.63, 3.8) is 0 Å². The number of carbonyl (C=O) groups excluding carboxylic acids is 1. The number of nitrogens with zero attached hydrogens (tertiary/aromatic N) is 3.